The van der Waals surface area contributed by atoms with Crippen molar-refractivity contribution in [1.82, 2.24) is 14.9 Å². The highest BCUT2D eigenvalue weighted by atomic mass is 32.2. The van der Waals surface area contributed by atoms with Crippen molar-refractivity contribution < 1.29 is 4.79 Å². The number of nitrogens with zero attached hydrogens (tertiary/aromatic N) is 3. The van der Waals surface area contributed by atoms with Gasteiger partial charge in [-0.2, -0.15) is 0 Å². The van der Waals surface area contributed by atoms with Crippen molar-refractivity contribution in [3.63, 3.8) is 0 Å². The van der Waals surface area contributed by atoms with E-state index in [0.29, 0.717) is 19.5 Å². The first-order valence-electron chi connectivity index (χ1n) is 7.16. The second-order valence-electron chi connectivity index (χ2n) is 5.30. The van der Waals surface area contributed by atoms with Gasteiger partial charge >= 0.3 is 0 Å². The van der Waals surface area contributed by atoms with Crippen LogP contribution in [0.25, 0.3) is 0 Å². The van der Waals surface area contributed by atoms with E-state index in [-0.39, 0.29) is 11.9 Å². The molecule has 1 amide bonds. The summed E-state index contributed by atoms with van der Waals surface area (Å²) in [5.41, 5.74) is 8.63. The molecular weight excluding hydrogens is 296 g/mol. The van der Waals surface area contributed by atoms with Gasteiger partial charge in [-0.3, -0.25) is 4.79 Å². The molecule has 6 heteroatoms. The summed E-state index contributed by atoms with van der Waals surface area (Å²) in [4.78, 5) is 23.6. The van der Waals surface area contributed by atoms with E-state index in [4.69, 9.17) is 5.73 Å². The zero-order chi connectivity index (χ0) is 15.5. The minimum absolute atomic E-state index is 0.144. The number of carbonyl (C=O) groups is 1. The lowest BCUT2D eigenvalue weighted by atomic mass is 10.1. The Balaban J connectivity index is 1.57. The fourth-order valence-corrected chi connectivity index (χ4v) is 2.95. The molecule has 2 aromatic rings. The number of nitrogens with two attached hydrogens (primary N) is 1. The number of aromatic nitrogens is 2. The van der Waals surface area contributed by atoms with Crippen LogP contribution >= 0.6 is 11.8 Å². The Bertz CT molecular complexity index is 687. The number of hydrogen-bond donors (Lipinski definition) is 1. The maximum atomic E-state index is 12.3. The van der Waals surface area contributed by atoms with Gasteiger partial charge < -0.3 is 10.6 Å². The number of hydrogen-bond acceptors (Lipinski definition) is 5. The van der Waals surface area contributed by atoms with E-state index in [1.807, 2.05) is 4.90 Å². The summed E-state index contributed by atoms with van der Waals surface area (Å²) in [5, 5.41) is 0. The highest BCUT2D eigenvalue weighted by Crippen LogP contribution is 2.22. The van der Waals surface area contributed by atoms with Crippen molar-refractivity contribution in [1.29, 1.82) is 0 Å². The Kier molecular flexibility index (Phi) is 4.29. The molecule has 1 aromatic heterocycles. The summed E-state index contributed by atoms with van der Waals surface area (Å²) in [7, 11) is 0. The van der Waals surface area contributed by atoms with E-state index in [2.05, 4.69) is 40.5 Å². The van der Waals surface area contributed by atoms with Crippen LogP contribution in [0.4, 0.5) is 5.95 Å². The van der Waals surface area contributed by atoms with E-state index in [1.54, 1.807) is 18.0 Å². The normalized spacial score (nSPS) is 13.2. The Morgan fingerprint density at radius 1 is 1.32 bits per heavy atom. The van der Waals surface area contributed by atoms with Crippen molar-refractivity contribution in [3.05, 3.63) is 47.3 Å². The Morgan fingerprint density at radius 2 is 2.09 bits per heavy atom. The van der Waals surface area contributed by atoms with Gasteiger partial charge in [0.25, 0.3) is 0 Å². The maximum Gasteiger partial charge on any atom is 0.223 e. The molecule has 0 radical (unpaired) electrons. The molecule has 2 heterocycles. The summed E-state index contributed by atoms with van der Waals surface area (Å²) in [6.07, 6.45) is 5.04. The first-order chi connectivity index (χ1) is 10.7. The molecule has 0 bridgehead atoms. The SMILES string of the molecule is CSc1ccc(CCC(=O)N2Cc3cnc(N)nc3C2)cc1. The smallest absolute Gasteiger partial charge is 0.223 e. The third-order valence-electron chi connectivity index (χ3n) is 3.81. The molecule has 114 valence electrons. The van der Waals surface area contributed by atoms with Gasteiger partial charge in [-0.05, 0) is 30.4 Å². The molecule has 3 rings (SSSR count). The minimum Gasteiger partial charge on any atom is -0.368 e. The molecule has 0 saturated carbocycles. The van der Waals surface area contributed by atoms with Crippen molar-refractivity contribution in [3.8, 4) is 0 Å². The lowest BCUT2D eigenvalue weighted by molar-refractivity contribution is -0.131. The van der Waals surface area contributed by atoms with Gasteiger partial charge in [-0.25, -0.2) is 9.97 Å². The van der Waals surface area contributed by atoms with Crippen molar-refractivity contribution in [2.45, 2.75) is 30.8 Å². The Morgan fingerprint density at radius 3 is 2.82 bits per heavy atom. The molecule has 2 N–H and O–H groups in total. The average molecular weight is 314 g/mol. The molecule has 1 aliphatic heterocycles. The topological polar surface area (TPSA) is 72.1 Å². The van der Waals surface area contributed by atoms with Crippen LogP contribution < -0.4 is 5.73 Å². The number of nitrogen functional groups attached to an aromatic ring is 1. The van der Waals surface area contributed by atoms with Gasteiger partial charge in [0.05, 0.1) is 12.2 Å². The van der Waals surface area contributed by atoms with Crippen LogP contribution in [-0.4, -0.2) is 27.0 Å². The van der Waals surface area contributed by atoms with Crippen molar-refractivity contribution in [2.24, 2.45) is 0 Å². The van der Waals surface area contributed by atoms with Crippen LogP contribution in [0.3, 0.4) is 0 Å². The number of thioether (sulfide) groups is 1. The van der Waals surface area contributed by atoms with Crippen LogP contribution in [0.15, 0.2) is 35.4 Å². The zero-order valence-electron chi connectivity index (χ0n) is 12.5. The molecular formula is C16H18N4OS. The van der Waals surface area contributed by atoms with Gasteiger partial charge in [0.2, 0.25) is 11.9 Å². The third-order valence-corrected chi connectivity index (χ3v) is 4.56. The van der Waals surface area contributed by atoms with E-state index >= 15 is 0 Å². The van der Waals surface area contributed by atoms with Crippen molar-refractivity contribution >= 4 is 23.6 Å². The standard InChI is InChI=1S/C16H18N4OS/c1-22-13-5-2-11(3-6-13)4-7-15(21)20-9-12-8-18-16(17)19-14(12)10-20/h2-3,5-6,8H,4,7,9-10H2,1H3,(H2,17,18,19). The molecule has 22 heavy (non-hydrogen) atoms. The third kappa shape index (κ3) is 3.22. The maximum absolute atomic E-state index is 12.3. The molecule has 0 fully saturated rings. The zero-order valence-corrected chi connectivity index (χ0v) is 13.3. The van der Waals surface area contributed by atoms with Gasteiger partial charge in [0, 0.05) is 29.6 Å². The summed E-state index contributed by atoms with van der Waals surface area (Å²) >= 11 is 1.72. The highest BCUT2D eigenvalue weighted by molar-refractivity contribution is 7.98. The lowest BCUT2D eigenvalue weighted by Crippen LogP contribution is -2.25. The number of aryl methyl sites for hydroxylation is 1. The number of carbonyl (C=O) groups excluding carboxylic acids is 1. The number of rotatable bonds is 4. The fraction of sp³-hybridized carbons (Fsp3) is 0.312. The second-order valence-corrected chi connectivity index (χ2v) is 6.18. The minimum atomic E-state index is 0.144. The molecule has 0 unspecified atom stereocenters. The number of fused-ring (bicyclic) bond motifs is 1. The number of amides is 1. The van der Waals surface area contributed by atoms with Gasteiger partial charge in [0.15, 0.2) is 0 Å². The summed E-state index contributed by atoms with van der Waals surface area (Å²) in [6.45, 7) is 1.12. The van der Waals surface area contributed by atoms with Crippen LogP contribution in [0.5, 0.6) is 0 Å². The predicted molar refractivity (Wildman–Crippen MR) is 87.2 cm³/mol. The monoisotopic (exact) mass is 314 g/mol. The van der Waals surface area contributed by atoms with Crippen molar-refractivity contribution in [2.75, 3.05) is 12.0 Å². The molecule has 0 saturated heterocycles. The molecule has 0 aliphatic carbocycles. The predicted octanol–water partition coefficient (Wildman–Crippen LogP) is 2.26. The van der Waals surface area contributed by atoms with E-state index in [9.17, 15) is 4.79 Å². The Hall–Kier alpha value is -2.08. The largest absolute Gasteiger partial charge is 0.368 e. The summed E-state index contributed by atoms with van der Waals surface area (Å²) < 4.78 is 0. The summed E-state index contributed by atoms with van der Waals surface area (Å²) in [6, 6.07) is 8.36. The van der Waals surface area contributed by atoms with Crippen LogP contribution in [0, 0.1) is 0 Å². The number of benzene rings is 1. The Labute approximate surface area is 133 Å². The van der Waals surface area contributed by atoms with Gasteiger partial charge in [-0.15, -0.1) is 11.8 Å². The van der Waals surface area contributed by atoms with E-state index in [0.717, 1.165) is 17.7 Å². The van der Waals surface area contributed by atoms with E-state index < -0.39 is 0 Å². The molecule has 5 nitrogen and oxygen atoms in total. The highest BCUT2D eigenvalue weighted by Gasteiger charge is 2.24. The number of anilines is 1. The lowest BCUT2D eigenvalue weighted by Gasteiger charge is -2.14. The average Bonchev–Trinajstić information content (AvgIpc) is 2.96. The fourth-order valence-electron chi connectivity index (χ4n) is 2.55. The first-order valence-corrected chi connectivity index (χ1v) is 8.39. The van der Waals surface area contributed by atoms with Crippen LogP contribution in [-0.2, 0) is 24.3 Å². The summed E-state index contributed by atoms with van der Waals surface area (Å²) in [5.74, 6) is 0.410. The molecule has 1 aliphatic rings. The van der Waals surface area contributed by atoms with Gasteiger partial charge in [0.1, 0.15) is 0 Å². The first kappa shape index (κ1) is 14.8. The second kappa shape index (κ2) is 6.36. The van der Waals surface area contributed by atoms with Crippen LogP contribution in [0.2, 0.25) is 0 Å². The van der Waals surface area contributed by atoms with E-state index in [1.165, 1.54) is 10.5 Å². The molecule has 1 aromatic carbocycles. The molecule has 0 atom stereocenters. The van der Waals surface area contributed by atoms with Gasteiger partial charge in [-0.1, -0.05) is 12.1 Å². The quantitative estimate of drug-likeness (QED) is 0.876. The van der Waals surface area contributed by atoms with Crippen LogP contribution in [0.1, 0.15) is 23.2 Å². The molecule has 0 spiro atoms.